The van der Waals surface area contributed by atoms with Crippen LogP contribution in [0.2, 0.25) is 0 Å². The molecule has 0 fully saturated rings. The van der Waals surface area contributed by atoms with E-state index in [1.807, 2.05) is 62.0 Å². The molecule has 0 radical (unpaired) electrons. The molecule has 0 aliphatic rings. The van der Waals surface area contributed by atoms with E-state index in [2.05, 4.69) is 6.92 Å². The molecular formula is C12H26O3S4. The Morgan fingerprint density at radius 2 is 1.21 bits per heavy atom. The van der Waals surface area contributed by atoms with Gasteiger partial charge in [-0.1, -0.05) is 28.5 Å². The average molecular weight is 347 g/mol. The molecule has 0 saturated heterocycles. The summed E-state index contributed by atoms with van der Waals surface area (Å²) in [5, 5.41) is 0. The molecule has 19 heavy (non-hydrogen) atoms. The third-order valence-electron chi connectivity index (χ3n) is 2.00. The van der Waals surface area contributed by atoms with Crippen LogP contribution in [0, 0.1) is 0 Å². The zero-order chi connectivity index (χ0) is 14.4. The third kappa shape index (κ3) is 10.6. The summed E-state index contributed by atoms with van der Waals surface area (Å²) in [6, 6.07) is 0. The molecule has 0 aromatic carbocycles. The lowest BCUT2D eigenvalue weighted by Gasteiger charge is -2.32. The van der Waals surface area contributed by atoms with Gasteiger partial charge in [0.05, 0.1) is 0 Å². The maximum absolute atomic E-state index is 5.68. The average Bonchev–Trinajstić information content (AvgIpc) is 2.39. The number of hydrogen-bond acceptors (Lipinski definition) is 7. The van der Waals surface area contributed by atoms with Gasteiger partial charge in [-0.05, 0) is 46.8 Å². The lowest BCUT2D eigenvalue weighted by molar-refractivity contribution is -0.377. The number of rotatable bonds is 14. The molecule has 0 rings (SSSR count). The van der Waals surface area contributed by atoms with E-state index in [-0.39, 0.29) is 0 Å². The first-order chi connectivity index (χ1) is 9.24. The Balaban J connectivity index is 3.89. The van der Waals surface area contributed by atoms with E-state index in [0.29, 0.717) is 19.8 Å². The minimum atomic E-state index is -0.854. The smallest absolute Gasteiger partial charge is 0.283 e. The first kappa shape index (κ1) is 20.3. The Morgan fingerprint density at radius 3 is 1.63 bits per heavy atom. The van der Waals surface area contributed by atoms with Crippen molar-refractivity contribution in [3.8, 4) is 0 Å². The highest BCUT2D eigenvalue weighted by atomic mass is 33.7. The fourth-order valence-electron chi connectivity index (χ4n) is 1.36. The molecule has 7 heteroatoms. The van der Waals surface area contributed by atoms with Crippen LogP contribution in [-0.2, 0) is 14.2 Å². The van der Waals surface area contributed by atoms with E-state index in [9.17, 15) is 0 Å². The summed E-state index contributed by atoms with van der Waals surface area (Å²) in [5.41, 5.74) is 0. The van der Waals surface area contributed by atoms with Gasteiger partial charge in [0.15, 0.2) is 0 Å². The van der Waals surface area contributed by atoms with Gasteiger partial charge in [-0.2, -0.15) is 0 Å². The van der Waals surface area contributed by atoms with Crippen molar-refractivity contribution in [1.29, 1.82) is 0 Å². The highest BCUT2D eigenvalue weighted by Gasteiger charge is 2.31. The van der Waals surface area contributed by atoms with E-state index in [0.717, 1.165) is 12.2 Å². The molecule has 0 aromatic heterocycles. The van der Waals surface area contributed by atoms with Gasteiger partial charge >= 0.3 is 0 Å². The predicted molar refractivity (Wildman–Crippen MR) is 92.6 cm³/mol. The molecule has 0 atom stereocenters. The second-order valence-electron chi connectivity index (χ2n) is 3.51. The third-order valence-corrected chi connectivity index (χ3v) is 8.67. The summed E-state index contributed by atoms with van der Waals surface area (Å²) >= 11 is 0. The van der Waals surface area contributed by atoms with Crippen LogP contribution >= 0.6 is 41.2 Å². The van der Waals surface area contributed by atoms with Crippen molar-refractivity contribution in [3.63, 3.8) is 0 Å². The van der Waals surface area contributed by atoms with Crippen molar-refractivity contribution in [2.24, 2.45) is 0 Å². The molecule has 116 valence electrons. The molecule has 0 amide bonds. The van der Waals surface area contributed by atoms with E-state index >= 15 is 0 Å². The summed E-state index contributed by atoms with van der Waals surface area (Å²) in [6.07, 6.45) is 1.98. The quantitative estimate of drug-likeness (QED) is 0.241. The first-order valence-electron chi connectivity index (χ1n) is 6.74. The highest BCUT2D eigenvalue weighted by molar-refractivity contribution is 9.26. The van der Waals surface area contributed by atoms with Crippen LogP contribution in [0.4, 0.5) is 0 Å². The molecular weight excluding hydrogens is 320 g/mol. The Hall–Kier alpha value is 1.28. The van der Waals surface area contributed by atoms with Gasteiger partial charge in [-0.3, -0.25) is 0 Å². The highest BCUT2D eigenvalue weighted by Crippen LogP contribution is 2.43. The molecule has 0 saturated carbocycles. The lowest BCUT2D eigenvalue weighted by Crippen LogP contribution is -2.40. The second-order valence-corrected chi connectivity index (χ2v) is 9.75. The Labute approximate surface area is 133 Å². The molecule has 0 aliphatic carbocycles. The molecule has 0 N–H and O–H groups in total. The van der Waals surface area contributed by atoms with Gasteiger partial charge in [-0.15, -0.1) is 0 Å². The maximum Gasteiger partial charge on any atom is 0.283 e. The number of hydrogen-bond donors (Lipinski definition) is 0. The van der Waals surface area contributed by atoms with Crippen LogP contribution in [-0.4, -0.2) is 37.3 Å². The van der Waals surface area contributed by atoms with E-state index < -0.39 is 5.97 Å². The SMILES string of the molecule is CCCSSSSCCC(OCC)(OCC)OCC. The molecule has 0 heterocycles. The van der Waals surface area contributed by atoms with Gasteiger partial charge in [0.25, 0.3) is 5.97 Å². The topological polar surface area (TPSA) is 27.7 Å². The minimum Gasteiger partial charge on any atom is -0.328 e. The van der Waals surface area contributed by atoms with Crippen molar-refractivity contribution in [2.75, 3.05) is 31.3 Å². The van der Waals surface area contributed by atoms with Crippen molar-refractivity contribution in [2.45, 2.75) is 46.5 Å². The van der Waals surface area contributed by atoms with Crippen LogP contribution in [0.3, 0.4) is 0 Å². The van der Waals surface area contributed by atoms with Crippen LogP contribution in [0.15, 0.2) is 0 Å². The standard InChI is InChI=1S/C12H26O3S4/c1-5-10-16-18-19-17-11-9-12(13-6-2,14-7-3)15-8-4/h5-11H2,1-4H3. The summed E-state index contributed by atoms with van der Waals surface area (Å²) in [4.78, 5) is 0. The molecule has 0 bridgehead atoms. The van der Waals surface area contributed by atoms with E-state index in [1.165, 1.54) is 12.2 Å². The largest absolute Gasteiger partial charge is 0.328 e. The van der Waals surface area contributed by atoms with Gasteiger partial charge in [-0.25, -0.2) is 0 Å². The molecule has 3 nitrogen and oxygen atoms in total. The summed E-state index contributed by atoms with van der Waals surface area (Å²) in [7, 11) is 7.39. The number of ether oxygens (including phenoxy) is 3. The van der Waals surface area contributed by atoms with Crippen LogP contribution in [0.1, 0.15) is 40.5 Å². The van der Waals surface area contributed by atoms with Gasteiger partial charge in [0, 0.05) is 37.7 Å². The van der Waals surface area contributed by atoms with Crippen LogP contribution in [0.25, 0.3) is 0 Å². The van der Waals surface area contributed by atoms with Gasteiger partial charge in [0.1, 0.15) is 0 Å². The first-order valence-corrected chi connectivity index (χ1v) is 11.9. The summed E-state index contributed by atoms with van der Waals surface area (Å²) < 4.78 is 17.0. The molecule has 0 spiro atoms. The molecule has 0 unspecified atom stereocenters. The lowest BCUT2D eigenvalue weighted by atomic mass is 10.4. The fourth-order valence-corrected chi connectivity index (χ4v) is 7.52. The van der Waals surface area contributed by atoms with Crippen molar-refractivity contribution >= 4 is 41.2 Å². The van der Waals surface area contributed by atoms with Gasteiger partial charge in [0.2, 0.25) is 0 Å². The van der Waals surface area contributed by atoms with Gasteiger partial charge < -0.3 is 14.2 Å². The predicted octanol–water partition coefficient (Wildman–Crippen LogP) is 5.23. The molecule has 0 aromatic rings. The van der Waals surface area contributed by atoms with Crippen LogP contribution < -0.4 is 0 Å². The van der Waals surface area contributed by atoms with Crippen molar-refractivity contribution in [1.82, 2.24) is 0 Å². The normalized spacial score (nSPS) is 12.0. The van der Waals surface area contributed by atoms with Crippen molar-refractivity contribution in [3.05, 3.63) is 0 Å². The summed E-state index contributed by atoms with van der Waals surface area (Å²) in [5.74, 6) is 1.30. The maximum atomic E-state index is 5.68. The monoisotopic (exact) mass is 346 g/mol. The Bertz CT molecular complexity index is 179. The minimum absolute atomic E-state index is 0.596. The summed E-state index contributed by atoms with van der Waals surface area (Å²) in [6.45, 7) is 9.88. The van der Waals surface area contributed by atoms with E-state index in [4.69, 9.17) is 14.2 Å². The van der Waals surface area contributed by atoms with Crippen LogP contribution in [0.5, 0.6) is 0 Å². The molecule has 0 aliphatic heterocycles. The second kappa shape index (κ2) is 14.2. The fraction of sp³-hybridized carbons (Fsp3) is 1.00. The van der Waals surface area contributed by atoms with E-state index in [1.54, 1.807) is 0 Å². The Morgan fingerprint density at radius 1 is 0.737 bits per heavy atom. The Kier molecular flexibility index (Phi) is 15.2. The van der Waals surface area contributed by atoms with Crippen molar-refractivity contribution < 1.29 is 14.2 Å². The zero-order valence-electron chi connectivity index (χ0n) is 12.3. The zero-order valence-corrected chi connectivity index (χ0v) is 15.6.